The van der Waals surface area contributed by atoms with Crippen LogP contribution in [0.5, 0.6) is 0 Å². The number of amides is 1. The quantitative estimate of drug-likeness (QED) is 0.185. The molecule has 0 spiro atoms. The molecular formula is C25H31N5O3S. The van der Waals surface area contributed by atoms with Gasteiger partial charge >= 0.3 is 5.97 Å². The van der Waals surface area contributed by atoms with Gasteiger partial charge in [-0.1, -0.05) is 19.1 Å². The third-order valence-electron chi connectivity index (χ3n) is 5.43. The van der Waals surface area contributed by atoms with E-state index in [1.165, 1.54) is 0 Å². The summed E-state index contributed by atoms with van der Waals surface area (Å²) in [7, 11) is 1.97. The van der Waals surface area contributed by atoms with Crippen LogP contribution in [-0.4, -0.2) is 51.9 Å². The number of thioether (sulfide) groups is 1. The zero-order chi connectivity index (χ0) is 24.7. The molecule has 9 heteroatoms. The molecule has 2 aromatic carbocycles. The number of aromatic nitrogens is 2. The summed E-state index contributed by atoms with van der Waals surface area (Å²) >= 11 is 1.64. The molecule has 0 aliphatic rings. The minimum Gasteiger partial charge on any atom is -0.466 e. The molecule has 0 aliphatic carbocycles. The number of benzene rings is 2. The molecule has 1 amide bonds. The van der Waals surface area contributed by atoms with Crippen molar-refractivity contribution >= 4 is 40.5 Å². The predicted molar refractivity (Wildman–Crippen MR) is 135 cm³/mol. The van der Waals surface area contributed by atoms with E-state index in [2.05, 4.69) is 0 Å². The van der Waals surface area contributed by atoms with E-state index in [-0.39, 0.29) is 24.1 Å². The topological polar surface area (TPSA) is 114 Å². The second-order valence-corrected chi connectivity index (χ2v) is 8.91. The Labute approximate surface area is 204 Å². The lowest BCUT2D eigenvalue weighted by Crippen LogP contribution is -2.34. The van der Waals surface area contributed by atoms with E-state index in [9.17, 15) is 9.59 Å². The van der Waals surface area contributed by atoms with Gasteiger partial charge in [-0.3, -0.25) is 15.0 Å². The first-order chi connectivity index (χ1) is 16.3. The Morgan fingerprint density at radius 1 is 1.12 bits per heavy atom. The van der Waals surface area contributed by atoms with Crippen molar-refractivity contribution in [2.45, 2.75) is 37.3 Å². The van der Waals surface area contributed by atoms with E-state index in [1.54, 1.807) is 23.6 Å². The van der Waals surface area contributed by atoms with Crippen molar-refractivity contribution in [3.05, 3.63) is 59.4 Å². The van der Waals surface area contributed by atoms with E-state index in [0.717, 1.165) is 28.2 Å². The van der Waals surface area contributed by atoms with Crippen LogP contribution < -0.4 is 5.73 Å². The second-order valence-electron chi connectivity index (χ2n) is 7.86. The average molecular weight is 482 g/mol. The summed E-state index contributed by atoms with van der Waals surface area (Å²) in [6.07, 6.45) is 0.981. The van der Waals surface area contributed by atoms with Gasteiger partial charge in [-0.15, -0.1) is 11.8 Å². The molecule has 180 valence electrons. The van der Waals surface area contributed by atoms with Crippen molar-refractivity contribution in [2.75, 3.05) is 19.7 Å². The van der Waals surface area contributed by atoms with Gasteiger partial charge in [0.15, 0.2) is 0 Å². The summed E-state index contributed by atoms with van der Waals surface area (Å²) in [6, 6.07) is 13.1. The van der Waals surface area contributed by atoms with Crippen LogP contribution in [0.25, 0.3) is 11.0 Å². The van der Waals surface area contributed by atoms with Crippen LogP contribution in [0.3, 0.4) is 0 Å². The molecule has 0 unspecified atom stereocenters. The van der Waals surface area contributed by atoms with Crippen LogP contribution >= 0.6 is 11.8 Å². The van der Waals surface area contributed by atoms with Crippen LogP contribution in [0.4, 0.5) is 0 Å². The molecule has 3 rings (SSSR count). The summed E-state index contributed by atoms with van der Waals surface area (Å²) in [6.45, 7) is 5.01. The summed E-state index contributed by atoms with van der Waals surface area (Å²) in [5, 5.41) is 7.50. The summed E-state index contributed by atoms with van der Waals surface area (Å²) in [4.78, 5) is 32.4. The van der Waals surface area contributed by atoms with Gasteiger partial charge in [0.1, 0.15) is 11.7 Å². The molecule has 3 N–H and O–H groups in total. The number of hydrogen-bond donors (Lipinski definition) is 2. The van der Waals surface area contributed by atoms with E-state index in [1.807, 2.05) is 61.0 Å². The highest BCUT2D eigenvalue weighted by atomic mass is 32.2. The molecule has 3 aromatic rings. The molecule has 0 saturated heterocycles. The maximum Gasteiger partial charge on any atom is 0.307 e. The van der Waals surface area contributed by atoms with Gasteiger partial charge in [0, 0.05) is 36.2 Å². The third kappa shape index (κ3) is 6.17. The number of aryl methyl sites for hydroxylation is 1. The molecule has 0 atom stereocenters. The van der Waals surface area contributed by atoms with E-state index < -0.39 is 0 Å². The Morgan fingerprint density at radius 3 is 2.47 bits per heavy atom. The number of nitrogens with zero attached hydrogens (tertiary/aromatic N) is 3. The number of fused-ring (bicyclic) bond motifs is 1. The van der Waals surface area contributed by atoms with E-state index >= 15 is 0 Å². The van der Waals surface area contributed by atoms with Gasteiger partial charge in [0.2, 0.25) is 0 Å². The van der Waals surface area contributed by atoms with E-state index in [0.29, 0.717) is 36.6 Å². The molecule has 0 fully saturated rings. The number of carbonyl (C=O) groups is 2. The van der Waals surface area contributed by atoms with Crippen LogP contribution in [0, 0.1) is 5.41 Å². The fraction of sp³-hybridized carbons (Fsp3) is 0.360. The second kappa shape index (κ2) is 11.7. The van der Waals surface area contributed by atoms with Gasteiger partial charge in [-0.2, -0.15) is 0 Å². The lowest BCUT2D eigenvalue weighted by Gasteiger charge is -2.21. The Hall–Kier alpha value is -3.33. The average Bonchev–Trinajstić information content (AvgIpc) is 3.15. The number of ether oxygens (including phenoxy) is 1. The first-order valence-corrected chi connectivity index (χ1v) is 12.3. The molecule has 0 saturated carbocycles. The number of amidine groups is 1. The van der Waals surface area contributed by atoms with Crippen molar-refractivity contribution in [3.8, 4) is 0 Å². The minimum atomic E-state index is -0.297. The first-order valence-electron chi connectivity index (χ1n) is 11.3. The molecule has 34 heavy (non-hydrogen) atoms. The molecule has 0 radical (unpaired) electrons. The highest BCUT2D eigenvalue weighted by Gasteiger charge is 2.18. The largest absolute Gasteiger partial charge is 0.466 e. The number of nitrogens with two attached hydrogens (primary N) is 1. The normalized spacial score (nSPS) is 10.9. The maximum atomic E-state index is 13.1. The Bertz CT molecular complexity index is 1170. The number of imidazole rings is 1. The first kappa shape index (κ1) is 25.3. The summed E-state index contributed by atoms with van der Waals surface area (Å²) in [5.41, 5.74) is 8.49. The molecule has 1 heterocycles. The number of nitrogen functional groups attached to an aromatic ring is 1. The van der Waals surface area contributed by atoms with Crippen molar-refractivity contribution in [1.29, 1.82) is 5.41 Å². The summed E-state index contributed by atoms with van der Waals surface area (Å²) in [5.74, 6) is 1.20. The highest BCUT2D eigenvalue weighted by molar-refractivity contribution is 7.98. The molecule has 1 aromatic heterocycles. The molecule has 0 bridgehead atoms. The van der Waals surface area contributed by atoms with Crippen LogP contribution in [0.1, 0.15) is 48.4 Å². The number of carbonyl (C=O) groups excluding carboxylic acids is 2. The number of esters is 1. The SMILES string of the molecule is CCCN(CCC(=O)OCC)C(=O)c1ccc2c(c1)nc(CSc1ccc(C(=N)N)cc1)n2C. The Kier molecular flexibility index (Phi) is 8.70. The van der Waals surface area contributed by atoms with Crippen molar-refractivity contribution in [3.63, 3.8) is 0 Å². The summed E-state index contributed by atoms with van der Waals surface area (Å²) < 4.78 is 7.03. The highest BCUT2D eigenvalue weighted by Crippen LogP contribution is 2.25. The monoisotopic (exact) mass is 481 g/mol. The van der Waals surface area contributed by atoms with E-state index in [4.69, 9.17) is 20.9 Å². The van der Waals surface area contributed by atoms with Crippen LogP contribution in [0.2, 0.25) is 0 Å². The molecule has 8 nitrogen and oxygen atoms in total. The molecule has 0 aliphatic heterocycles. The Morgan fingerprint density at radius 2 is 1.82 bits per heavy atom. The molecular weight excluding hydrogens is 450 g/mol. The number of rotatable bonds is 11. The van der Waals surface area contributed by atoms with Gasteiger partial charge in [0.25, 0.3) is 5.91 Å². The predicted octanol–water partition coefficient (Wildman–Crippen LogP) is 3.96. The number of nitrogens with one attached hydrogen (secondary N) is 1. The van der Waals surface area contributed by atoms with Crippen LogP contribution in [-0.2, 0) is 22.3 Å². The minimum absolute atomic E-state index is 0.0515. The maximum absolute atomic E-state index is 13.1. The lowest BCUT2D eigenvalue weighted by molar-refractivity contribution is -0.143. The zero-order valence-corrected chi connectivity index (χ0v) is 20.7. The zero-order valence-electron chi connectivity index (χ0n) is 19.8. The fourth-order valence-electron chi connectivity index (χ4n) is 3.62. The van der Waals surface area contributed by atoms with Gasteiger partial charge < -0.3 is 19.9 Å². The smallest absolute Gasteiger partial charge is 0.307 e. The fourth-order valence-corrected chi connectivity index (χ4v) is 4.50. The third-order valence-corrected chi connectivity index (χ3v) is 6.43. The number of hydrogen-bond acceptors (Lipinski definition) is 6. The van der Waals surface area contributed by atoms with Gasteiger partial charge in [-0.25, -0.2) is 4.98 Å². The standard InChI is InChI=1S/C25H31N5O3S/c1-4-13-30(14-12-23(31)33-5-2)25(32)18-8-11-21-20(15-18)28-22(29(21)3)16-34-19-9-6-17(7-10-19)24(26)27/h6-11,15H,4-5,12-14,16H2,1-3H3,(H3,26,27). The van der Waals surface area contributed by atoms with Gasteiger partial charge in [0.05, 0.1) is 29.8 Å². The van der Waals surface area contributed by atoms with Gasteiger partial charge in [-0.05, 0) is 43.7 Å². The van der Waals surface area contributed by atoms with Crippen molar-refractivity contribution in [1.82, 2.24) is 14.5 Å². The van der Waals surface area contributed by atoms with Crippen LogP contribution in [0.15, 0.2) is 47.4 Å². The van der Waals surface area contributed by atoms with Crippen molar-refractivity contribution < 1.29 is 14.3 Å². The van der Waals surface area contributed by atoms with Crippen molar-refractivity contribution in [2.24, 2.45) is 12.8 Å². The Balaban J connectivity index is 1.73. The lowest BCUT2D eigenvalue weighted by atomic mass is 10.1.